The lowest BCUT2D eigenvalue weighted by atomic mass is 10.1. The molecular weight excluding hydrogens is 320 g/mol. The van der Waals surface area contributed by atoms with Crippen molar-refractivity contribution in [2.24, 2.45) is 0 Å². The molecule has 1 N–H and O–H groups in total. The van der Waals surface area contributed by atoms with Crippen molar-refractivity contribution in [2.45, 2.75) is 12.0 Å². The van der Waals surface area contributed by atoms with Gasteiger partial charge in [0.15, 0.2) is 12.1 Å². The van der Waals surface area contributed by atoms with Gasteiger partial charge in [-0.3, -0.25) is 5.01 Å². The number of nitrogens with one attached hydrogen (secondary N) is 1. The van der Waals surface area contributed by atoms with E-state index in [9.17, 15) is 13.6 Å². The molecule has 24 heavy (non-hydrogen) atoms. The number of anilines is 2. The van der Waals surface area contributed by atoms with Gasteiger partial charge in [0.1, 0.15) is 18.2 Å². The number of halogens is 2. The number of carbonyl (C=O) groups is 1. The largest absolute Gasteiger partial charge is 0.344 e. The number of nitrogens with zero attached hydrogens (tertiary/aromatic N) is 6. The second-order valence-electron chi connectivity index (χ2n) is 5.57. The van der Waals surface area contributed by atoms with Crippen molar-refractivity contribution in [1.29, 1.82) is 0 Å². The van der Waals surface area contributed by atoms with Crippen molar-refractivity contribution in [2.75, 3.05) is 23.0 Å². The summed E-state index contributed by atoms with van der Waals surface area (Å²) in [5.41, 5.74) is 3.64. The van der Waals surface area contributed by atoms with Gasteiger partial charge in [-0.1, -0.05) is 0 Å². The van der Waals surface area contributed by atoms with Gasteiger partial charge in [-0.25, -0.2) is 23.7 Å². The average molecular weight is 333 g/mol. The van der Waals surface area contributed by atoms with Crippen LogP contribution in [0.4, 0.5) is 20.4 Å². The van der Waals surface area contributed by atoms with Crippen LogP contribution in [-0.4, -0.2) is 50.9 Å². The molecule has 2 aliphatic rings. The van der Waals surface area contributed by atoms with Crippen LogP contribution in [-0.2, 0) is 4.79 Å². The molecule has 10 heteroatoms. The first kappa shape index (κ1) is 14.5. The van der Waals surface area contributed by atoms with Crippen molar-refractivity contribution in [1.82, 2.24) is 24.9 Å². The van der Waals surface area contributed by atoms with Crippen LogP contribution in [0.15, 0.2) is 37.3 Å². The van der Waals surface area contributed by atoms with Gasteiger partial charge in [0.25, 0.3) is 5.92 Å². The second-order valence-corrected chi connectivity index (χ2v) is 5.57. The summed E-state index contributed by atoms with van der Waals surface area (Å²) < 4.78 is 27.8. The minimum absolute atomic E-state index is 0.369. The van der Waals surface area contributed by atoms with Crippen molar-refractivity contribution in [3.05, 3.63) is 37.3 Å². The normalized spacial score (nSPS) is 21.9. The van der Waals surface area contributed by atoms with Gasteiger partial charge in [0, 0.05) is 24.7 Å². The second kappa shape index (κ2) is 5.25. The van der Waals surface area contributed by atoms with E-state index in [-0.39, 0.29) is 13.1 Å². The highest BCUT2D eigenvalue weighted by molar-refractivity contribution is 5.83. The Morgan fingerprint density at radius 1 is 1.29 bits per heavy atom. The first-order chi connectivity index (χ1) is 11.6. The van der Waals surface area contributed by atoms with E-state index in [1.54, 1.807) is 40.6 Å². The van der Waals surface area contributed by atoms with Crippen LogP contribution in [0.2, 0.25) is 0 Å². The van der Waals surface area contributed by atoms with Gasteiger partial charge in [-0.2, -0.15) is 0 Å². The molecule has 0 spiro atoms. The maximum Gasteiger partial charge on any atom is 0.282 e. The van der Waals surface area contributed by atoms with Crippen LogP contribution in [0.5, 0.6) is 0 Å². The fourth-order valence-electron chi connectivity index (χ4n) is 2.73. The summed E-state index contributed by atoms with van der Waals surface area (Å²) in [6.45, 7) is -0.737. The molecule has 0 bridgehead atoms. The number of hydrogen-bond donors (Lipinski definition) is 1. The summed E-state index contributed by atoms with van der Waals surface area (Å²) in [5, 5.41) is 1.55. The number of carbonyl (C=O) groups excluding carboxylic acids is 1. The molecule has 0 aliphatic carbocycles. The van der Waals surface area contributed by atoms with E-state index in [1.807, 2.05) is 0 Å². The third-order valence-corrected chi connectivity index (χ3v) is 3.92. The van der Waals surface area contributed by atoms with Crippen molar-refractivity contribution in [3.8, 4) is 0 Å². The lowest BCUT2D eigenvalue weighted by Gasteiger charge is -2.39. The smallest absolute Gasteiger partial charge is 0.282 e. The number of alkyl halides is 2. The molecule has 2 aliphatic heterocycles. The Bertz CT molecular complexity index is 784. The van der Waals surface area contributed by atoms with Gasteiger partial charge in [-0.15, -0.1) is 0 Å². The molecule has 4 rings (SSSR count). The minimum atomic E-state index is -2.68. The number of aldehydes is 1. The molecule has 1 fully saturated rings. The Morgan fingerprint density at radius 3 is 2.75 bits per heavy atom. The molecule has 0 radical (unpaired) electrons. The van der Waals surface area contributed by atoms with Crippen molar-refractivity contribution in [3.63, 3.8) is 0 Å². The molecular formula is C14H13F2N7O. The number of rotatable bonds is 4. The predicted molar refractivity (Wildman–Crippen MR) is 81.2 cm³/mol. The minimum Gasteiger partial charge on any atom is -0.344 e. The Balaban J connectivity index is 1.57. The van der Waals surface area contributed by atoms with E-state index in [0.717, 1.165) is 6.29 Å². The third kappa shape index (κ3) is 2.36. The summed E-state index contributed by atoms with van der Waals surface area (Å²) in [7, 11) is 0. The van der Waals surface area contributed by atoms with Crippen LogP contribution in [0.3, 0.4) is 0 Å². The molecule has 1 saturated heterocycles. The lowest BCUT2D eigenvalue weighted by Crippen LogP contribution is -2.56. The molecule has 0 amide bonds. The summed E-state index contributed by atoms with van der Waals surface area (Å²) in [6.07, 6.45) is 8.64. The summed E-state index contributed by atoms with van der Waals surface area (Å²) in [5.74, 6) is -1.87. The van der Waals surface area contributed by atoms with E-state index in [0.29, 0.717) is 17.3 Å². The molecule has 124 valence electrons. The Kier molecular flexibility index (Phi) is 3.18. The predicted octanol–water partition coefficient (Wildman–Crippen LogP) is 0.519. The fourth-order valence-corrected chi connectivity index (χ4v) is 2.73. The first-order valence-electron chi connectivity index (χ1n) is 7.21. The van der Waals surface area contributed by atoms with E-state index < -0.39 is 12.0 Å². The molecule has 0 saturated carbocycles. The highest BCUT2D eigenvalue weighted by atomic mass is 19.3. The lowest BCUT2D eigenvalue weighted by molar-refractivity contribution is -0.108. The zero-order valence-corrected chi connectivity index (χ0v) is 12.4. The Morgan fingerprint density at radius 2 is 2.08 bits per heavy atom. The molecule has 2 aromatic heterocycles. The van der Waals surface area contributed by atoms with E-state index in [4.69, 9.17) is 0 Å². The van der Waals surface area contributed by atoms with Gasteiger partial charge >= 0.3 is 0 Å². The molecule has 4 heterocycles. The number of hydrogen-bond acceptors (Lipinski definition) is 7. The highest BCUT2D eigenvalue weighted by Gasteiger charge is 2.44. The molecule has 2 aromatic rings. The van der Waals surface area contributed by atoms with Crippen LogP contribution in [0, 0.1) is 0 Å². The Labute approximate surface area is 135 Å². The van der Waals surface area contributed by atoms with Gasteiger partial charge in [0.2, 0.25) is 0 Å². The topological polar surface area (TPSA) is 79.2 Å². The first-order valence-corrected chi connectivity index (χ1v) is 7.21. The summed E-state index contributed by atoms with van der Waals surface area (Å²) in [4.78, 5) is 25.1. The number of aromatic nitrogens is 4. The van der Waals surface area contributed by atoms with Gasteiger partial charge in [-0.05, 0) is 0 Å². The third-order valence-electron chi connectivity index (χ3n) is 3.92. The standard InChI is InChI=1S/C14H13F2N7O/c15-14(16)6-22(7-14)12-3-13(19-8-18-12)23-11(5-24)10(4-20-23)21-2-1-17-9-21/h1-5,8-9,11,20H,6-7H2. The van der Waals surface area contributed by atoms with Crippen molar-refractivity contribution < 1.29 is 13.6 Å². The van der Waals surface area contributed by atoms with E-state index in [1.165, 1.54) is 11.2 Å². The summed E-state index contributed by atoms with van der Waals surface area (Å²) in [6, 6.07) is 0.948. The zero-order chi connectivity index (χ0) is 16.7. The van der Waals surface area contributed by atoms with Gasteiger partial charge < -0.3 is 19.7 Å². The monoisotopic (exact) mass is 333 g/mol. The van der Waals surface area contributed by atoms with E-state index in [2.05, 4.69) is 20.4 Å². The summed E-state index contributed by atoms with van der Waals surface area (Å²) >= 11 is 0. The Hall–Kier alpha value is -3.04. The van der Waals surface area contributed by atoms with Crippen LogP contribution >= 0.6 is 0 Å². The van der Waals surface area contributed by atoms with E-state index >= 15 is 0 Å². The van der Waals surface area contributed by atoms with Crippen molar-refractivity contribution >= 4 is 23.6 Å². The highest BCUT2D eigenvalue weighted by Crippen LogP contribution is 2.32. The number of hydrazine groups is 1. The van der Waals surface area contributed by atoms with Gasteiger partial charge in [0.05, 0.1) is 25.1 Å². The molecule has 0 aromatic carbocycles. The molecule has 1 atom stereocenters. The SMILES string of the molecule is O=CC1C(n2ccnc2)=CNN1c1cc(N2CC(F)(F)C2)ncn1. The van der Waals surface area contributed by atoms with Crippen LogP contribution in [0.25, 0.3) is 5.70 Å². The maximum atomic E-state index is 13.0. The zero-order valence-electron chi connectivity index (χ0n) is 12.4. The maximum absolute atomic E-state index is 13.0. The average Bonchev–Trinajstić information content (AvgIpc) is 3.21. The molecule has 1 unspecified atom stereocenters. The quantitative estimate of drug-likeness (QED) is 0.817. The molecule has 8 nitrogen and oxygen atoms in total. The van der Waals surface area contributed by atoms with Crippen LogP contribution < -0.4 is 15.3 Å². The number of imidazole rings is 1. The fraction of sp³-hybridized carbons (Fsp3) is 0.286. The van der Waals surface area contributed by atoms with Crippen LogP contribution in [0.1, 0.15) is 0 Å².